The number of fused-ring (bicyclic) bond motifs is 2. The quantitative estimate of drug-likeness (QED) is 0.297. The van der Waals surface area contributed by atoms with Crippen LogP contribution < -0.4 is 10.1 Å². The predicted octanol–water partition coefficient (Wildman–Crippen LogP) is 4.83. The third kappa shape index (κ3) is 4.27. The van der Waals surface area contributed by atoms with Crippen LogP contribution in [0, 0.1) is 0 Å². The van der Waals surface area contributed by atoms with Gasteiger partial charge >= 0.3 is 0 Å². The fraction of sp³-hybridized carbons (Fsp3) is 0.161. The zero-order valence-electron chi connectivity index (χ0n) is 21.3. The summed E-state index contributed by atoms with van der Waals surface area (Å²) in [5.41, 5.74) is 5.19. The van der Waals surface area contributed by atoms with Gasteiger partial charge in [0.1, 0.15) is 12.4 Å². The molecular formula is C31H28N4O3. The lowest BCUT2D eigenvalue weighted by atomic mass is 9.95. The maximum atomic E-state index is 13.2. The van der Waals surface area contributed by atoms with Crippen molar-refractivity contribution in [1.29, 1.82) is 0 Å². The minimum Gasteiger partial charge on any atom is -0.489 e. The first kappa shape index (κ1) is 23.8. The van der Waals surface area contributed by atoms with Crippen LogP contribution in [0.5, 0.6) is 5.75 Å². The number of H-pyrrole nitrogens is 1. The lowest BCUT2D eigenvalue weighted by Crippen LogP contribution is -2.22. The second kappa shape index (κ2) is 9.68. The number of carbonyl (C=O) groups is 2. The van der Waals surface area contributed by atoms with E-state index in [1.807, 2.05) is 93.1 Å². The summed E-state index contributed by atoms with van der Waals surface area (Å²) in [6.07, 6.45) is 3.79. The number of para-hydroxylation sites is 1. The molecule has 3 heterocycles. The summed E-state index contributed by atoms with van der Waals surface area (Å²) in [6.45, 7) is 2.00. The molecule has 0 radical (unpaired) electrons. The van der Waals surface area contributed by atoms with Crippen molar-refractivity contribution in [3.05, 3.63) is 102 Å². The van der Waals surface area contributed by atoms with Gasteiger partial charge < -0.3 is 19.2 Å². The van der Waals surface area contributed by atoms with Crippen LogP contribution in [0.3, 0.4) is 0 Å². The number of nitrogens with one attached hydrogen (secondary N) is 2. The van der Waals surface area contributed by atoms with Crippen LogP contribution in [-0.4, -0.2) is 46.9 Å². The summed E-state index contributed by atoms with van der Waals surface area (Å²) in [5.74, 6) is -0.0204. The fourth-order valence-corrected chi connectivity index (χ4v) is 5.04. The van der Waals surface area contributed by atoms with E-state index in [0.717, 1.165) is 57.3 Å². The van der Waals surface area contributed by atoms with Crippen molar-refractivity contribution in [2.45, 2.75) is 13.2 Å². The highest BCUT2D eigenvalue weighted by atomic mass is 16.5. The number of hydrogen-bond donors (Lipinski definition) is 2. The van der Waals surface area contributed by atoms with E-state index in [1.54, 1.807) is 6.20 Å². The van der Waals surface area contributed by atoms with Gasteiger partial charge in [-0.15, -0.1) is 0 Å². The molecule has 190 valence electrons. The van der Waals surface area contributed by atoms with E-state index in [-0.39, 0.29) is 11.8 Å². The minimum atomic E-state index is -0.383. The highest BCUT2D eigenvalue weighted by Crippen LogP contribution is 2.39. The third-order valence-corrected chi connectivity index (χ3v) is 6.95. The Morgan fingerprint density at radius 3 is 2.37 bits per heavy atom. The van der Waals surface area contributed by atoms with Crippen molar-refractivity contribution in [2.24, 2.45) is 0 Å². The van der Waals surface area contributed by atoms with Gasteiger partial charge in [-0.05, 0) is 37.9 Å². The van der Waals surface area contributed by atoms with E-state index in [9.17, 15) is 9.59 Å². The molecule has 0 aliphatic carbocycles. The van der Waals surface area contributed by atoms with E-state index in [1.165, 1.54) is 0 Å². The summed E-state index contributed by atoms with van der Waals surface area (Å²) >= 11 is 0. The molecule has 2 aromatic heterocycles. The van der Waals surface area contributed by atoms with Gasteiger partial charge in [0.2, 0.25) is 0 Å². The van der Waals surface area contributed by atoms with E-state index in [4.69, 9.17) is 4.74 Å². The molecule has 38 heavy (non-hydrogen) atoms. The minimum absolute atomic E-state index is 0.383. The van der Waals surface area contributed by atoms with Crippen molar-refractivity contribution >= 4 is 44.8 Å². The first-order valence-electron chi connectivity index (χ1n) is 12.6. The molecule has 6 rings (SSSR count). The summed E-state index contributed by atoms with van der Waals surface area (Å²) in [6, 6.07) is 23.7. The molecule has 0 saturated heterocycles. The number of aromatic nitrogens is 2. The van der Waals surface area contributed by atoms with E-state index >= 15 is 0 Å². The molecule has 1 aliphatic heterocycles. The molecule has 1 aliphatic rings. The largest absolute Gasteiger partial charge is 0.489 e. The van der Waals surface area contributed by atoms with Gasteiger partial charge in [0.25, 0.3) is 11.8 Å². The zero-order valence-corrected chi connectivity index (χ0v) is 21.3. The Hall–Kier alpha value is -4.62. The number of likely N-dealkylation sites (N-methyl/N-ethyl adjacent to an activating group) is 1. The number of ether oxygens (including phenoxy) is 1. The Morgan fingerprint density at radius 1 is 0.842 bits per heavy atom. The zero-order chi connectivity index (χ0) is 26.2. The number of benzene rings is 3. The van der Waals surface area contributed by atoms with Crippen molar-refractivity contribution in [3.63, 3.8) is 0 Å². The van der Waals surface area contributed by atoms with E-state index in [2.05, 4.69) is 19.8 Å². The number of aromatic amines is 1. The van der Waals surface area contributed by atoms with Gasteiger partial charge in [-0.2, -0.15) is 0 Å². The van der Waals surface area contributed by atoms with Crippen molar-refractivity contribution in [3.8, 4) is 5.75 Å². The Bertz CT molecular complexity index is 1710. The van der Waals surface area contributed by atoms with Crippen LogP contribution >= 0.6 is 0 Å². The first-order chi connectivity index (χ1) is 18.5. The Labute approximate surface area is 220 Å². The number of amides is 2. The van der Waals surface area contributed by atoms with E-state index in [0.29, 0.717) is 17.8 Å². The molecule has 0 fully saturated rings. The molecule has 0 unspecified atom stereocenters. The monoisotopic (exact) mass is 504 g/mol. The number of nitrogens with zero attached hydrogens (tertiary/aromatic N) is 2. The van der Waals surface area contributed by atoms with Crippen molar-refractivity contribution < 1.29 is 14.3 Å². The number of carbonyl (C=O) groups excluding carboxylic acids is 2. The molecule has 0 saturated carbocycles. The number of hydrogen-bond acceptors (Lipinski definition) is 4. The molecule has 0 atom stereocenters. The third-order valence-electron chi connectivity index (χ3n) is 6.95. The smallest absolute Gasteiger partial charge is 0.259 e. The lowest BCUT2D eigenvalue weighted by Gasteiger charge is -2.12. The van der Waals surface area contributed by atoms with Crippen LogP contribution in [0.2, 0.25) is 0 Å². The molecule has 0 spiro atoms. The maximum absolute atomic E-state index is 13.2. The molecule has 7 nitrogen and oxygen atoms in total. The lowest BCUT2D eigenvalue weighted by molar-refractivity contribution is -0.122. The van der Waals surface area contributed by atoms with Gasteiger partial charge in [-0.3, -0.25) is 14.9 Å². The van der Waals surface area contributed by atoms with Gasteiger partial charge in [0.15, 0.2) is 0 Å². The van der Waals surface area contributed by atoms with Gasteiger partial charge in [-0.1, -0.05) is 48.5 Å². The predicted molar refractivity (Wildman–Crippen MR) is 150 cm³/mol. The van der Waals surface area contributed by atoms with Gasteiger partial charge in [-0.25, -0.2) is 0 Å². The molecule has 0 bridgehead atoms. The summed E-state index contributed by atoms with van der Waals surface area (Å²) in [7, 11) is 4.06. The first-order valence-corrected chi connectivity index (χ1v) is 12.6. The Balaban J connectivity index is 1.48. The van der Waals surface area contributed by atoms with Crippen molar-refractivity contribution in [1.82, 2.24) is 19.8 Å². The van der Waals surface area contributed by atoms with Crippen LogP contribution in [0.15, 0.2) is 85.2 Å². The van der Waals surface area contributed by atoms with Crippen molar-refractivity contribution in [2.75, 3.05) is 20.6 Å². The average Bonchev–Trinajstić information content (AvgIpc) is 3.59. The molecule has 5 aromatic rings. The summed E-state index contributed by atoms with van der Waals surface area (Å²) in [4.78, 5) is 31.7. The van der Waals surface area contributed by atoms with Crippen LogP contribution in [0.25, 0.3) is 33.0 Å². The molecule has 2 N–H and O–H groups in total. The second-order valence-electron chi connectivity index (χ2n) is 9.77. The maximum Gasteiger partial charge on any atom is 0.259 e. The molecular weight excluding hydrogens is 476 g/mol. The normalized spacial score (nSPS) is 13.8. The summed E-state index contributed by atoms with van der Waals surface area (Å²) < 4.78 is 8.24. The second-order valence-corrected chi connectivity index (χ2v) is 9.77. The van der Waals surface area contributed by atoms with Crippen LogP contribution in [0.4, 0.5) is 0 Å². The molecule has 3 aromatic carbocycles. The fourth-order valence-electron chi connectivity index (χ4n) is 5.04. The van der Waals surface area contributed by atoms with Gasteiger partial charge in [0.05, 0.1) is 16.7 Å². The number of rotatable bonds is 8. The Kier molecular flexibility index (Phi) is 6.05. The van der Waals surface area contributed by atoms with Crippen LogP contribution in [-0.2, 0) is 22.7 Å². The van der Waals surface area contributed by atoms with Gasteiger partial charge in [0, 0.05) is 59.0 Å². The Morgan fingerprint density at radius 2 is 1.58 bits per heavy atom. The highest BCUT2D eigenvalue weighted by Gasteiger charge is 2.35. The molecule has 7 heteroatoms. The standard InChI is InChI=1S/C31H28N4O3/c1-34(2)14-15-35-18-25(23-13-12-21(16-27(23)35)38-19-20-8-4-3-5-9-20)29-28(30(36)33-31(29)37)24-17-32-26-11-7-6-10-22(24)26/h3-13,16-18,32H,14-15,19H2,1-2H3,(H,33,36,37). The molecule has 2 amide bonds. The topological polar surface area (TPSA) is 79.4 Å². The highest BCUT2D eigenvalue weighted by molar-refractivity contribution is 6.50. The average molecular weight is 505 g/mol. The van der Waals surface area contributed by atoms with E-state index < -0.39 is 0 Å². The van der Waals surface area contributed by atoms with Crippen LogP contribution in [0.1, 0.15) is 16.7 Å². The number of imide groups is 1. The SMILES string of the molecule is CN(C)CCn1cc(C2=C(c3c[nH]c4ccccc34)C(=O)NC2=O)c2ccc(OCc3ccccc3)cc21. The summed E-state index contributed by atoms with van der Waals surface area (Å²) in [5, 5.41) is 4.33.